The van der Waals surface area contributed by atoms with E-state index in [1.165, 1.54) is 44.6 Å². The van der Waals surface area contributed by atoms with Gasteiger partial charge in [-0.3, -0.25) is 19.2 Å². The molecule has 6 N–H and O–H groups in total. The molecule has 0 aliphatic rings. The van der Waals surface area contributed by atoms with E-state index >= 15 is 0 Å². The molecule has 4 amide bonds. The van der Waals surface area contributed by atoms with Crippen LogP contribution in [0.15, 0.2) is 36.4 Å². The van der Waals surface area contributed by atoms with Crippen molar-refractivity contribution in [2.24, 2.45) is 5.73 Å². The van der Waals surface area contributed by atoms with E-state index in [4.69, 9.17) is 15.2 Å². The van der Waals surface area contributed by atoms with Crippen LogP contribution in [0.25, 0.3) is 0 Å². The van der Waals surface area contributed by atoms with Gasteiger partial charge >= 0.3 is 0 Å². The van der Waals surface area contributed by atoms with Gasteiger partial charge in [-0.15, -0.1) is 0 Å². The monoisotopic (exact) mass is 471 g/mol. The van der Waals surface area contributed by atoms with E-state index in [0.717, 1.165) is 0 Å². The number of hydrogen-bond acceptors (Lipinski definition) is 8. The van der Waals surface area contributed by atoms with E-state index in [1.807, 2.05) is 0 Å². The molecule has 12 nitrogen and oxygen atoms in total. The van der Waals surface area contributed by atoms with E-state index in [0.29, 0.717) is 12.0 Å². The molecule has 0 atom stereocenters. The molecule has 2 aromatic rings. The maximum Gasteiger partial charge on any atom is 0.255 e. The largest absolute Gasteiger partial charge is 0.496 e. The SMILES string of the molecule is COc1ccc(NC(=O)CNC(=O)c2cc(NC(=O)CN)ccc2OC)cc1C(=O)NCC=O. The Balaban J connectivity index is 2.07. The van der Waals surface area contributed by atoms with Crippen LogP contribution in [0.3, 0.4) is 0 Å². The van der Waals surface area contributed by atoms with Gasteiger partial charge in [0.25, 0.3) is 11.8 Å². The first-order valence-corrected chi connectivity index (χ1v) is 9.98. The van der Waals surface area contributed by atoms with Crippen LogP contribution in [0.4, 0.5) is 11.4 Å². The van der Waals surface area contributed by atoms with Crippen molar-refractivity contribution in [3.8, 4) is 11.5 Å². The van der Waals surface area contributed by atoms with Crippen LogP contribution in [-0.2, 0) is 14.4 Å². The van der Waals surface area contributed by atoms with Crippen molar-refractivity contribution in [2.75, 3.05) is 44.5 Å². The summed E-state index contributed by atoms with van der Waals surface area (Å²) < 4.78 is 10.3. The first-order chi connectivity index (χ1) is 16.3. The zero-order valence-electron chi connectivity index (χ0n) is 18.6. The van der Waals surface area contributed by atoms with E-state index in [2.05, 4.69) is 21.3 Å². The maximum absolute atomic E-state index is 12.6. The number of carbonyl (C=O) groups is 5. The second-order valence-electron chi connectivity index (χ2n) is 6.69. The minimum Gasteiger partial charge on any atom is -0.496 e. The topological polar surface area (TPSA) is 178 Å². The van der Waals surface area contributed by atoms with Crippen molar-refractivity contribution in [1.29, 1.82) is 0 Å². The number of benzene rings is 2. The molecule has 0 fully saturated rings. The number of ether oxygens (including phenoxy) is 2. The molecule has 0 aromatic heterocycles. The number of hydrogen-bond donors (Lipinski definition) is 5. The summed E-state index contributed by atoms with van der Waals surface area (Å²) in [6.45, 7) is -0.787. The maximum atomic E-state index is 12.6. The van der Waals surface area contributed by atoms with Crippen LogP contribution in [-0.4, -0.2) is 63.8 Å². The van der Waals surface area contributed by atoms with E-state index in [-0.39, 0.29) is 47.9 Å². The summed E-state index contributed by atoms with van der Waals surface area (Å²) in [7, 11) is 2.76. The van der Waals surface area contributed by atoms with E-state index in [1.54, 1.807) is 6.07 Å². The highest BCUT2D eigenvalue weighted by atomic mass is 16.5. The molecule has 0 saturated carbocycles. The van der Waals surface area contributed by atoms with E-state index < -0.39 is 23.6 Å². The zero-order valence-corrected chi connectivity index (χ0v) is 18.6. The van der Waals surface area contributed by atoms with Crippen molar-refractivity contribution in [3.63, 3.8) is 0 Å². The van der Waals surface area contributed by atoms with Gasteiger partial charge in [0, 0.05) is 11.4 Å². The molecule has 0 spiro atoms. The van der Waals surface area contributed by atoms with Crippen molar-refractivity contribution >= 4 is 41.3 Å². The third kappa shape index (κ3) is 7.03. The average molecular weight is 471 g/mol. The Morgan fingerprint density at radius 2 is 1.32 bits per heavy atom. The predicted molar refractivity (Wildman–Crippen MR) is 123 cm³/mol. The summed E-state index contributed by atoms with van der Waals surface area (Å²) in [5.74, 6) is -1.67. The lowest BCUT2D eigenvalue weighted by Gasteiger charge is -2.13. The lowest BCUT2D eigenvalue weighted by Crippen LogP contribution is -2.33. The molecular weight excluding hydrogens is 446 g/mol. The summed E-state index contributed by atoms with van der Waals surface area (Å²) in [6.07, 6.45) is 0.537. The average Bonchev–Trinajstić information content (AvgIpc) is 2.85. The molecule has 2 aromatic carbocycles. The molecule has 34 heavy (non-hydrogen) atoms. The van der Waals surface area contributed by atoms with Gasteiger partial charge in [-0.2, -0.15) is 0 Å². The molecule has 0 heterocycles. The number of aldehydes is 1. The molecule has 0 aliphatic heterocycles. The fourth-order valence-corrected chi connectivity index (χ4v) is 2.83. The van der Waals surface area contributed by atoms with Crippen molar-refractivity contribution in [1.82, 2.24) is 10.6 Å². The van der Waals surface area contributed by atoms with Gasteiger partial charge in [0.2, 0.25) is 11.8 Å². The third-order valence-corrected chi connectivity index (χ3v) is 4.40. The number of nitrogens with one attached hydrogen (secondary N) is 4. The number of rotatable bonds is 11. The van der Waals surface area contributed by atoms with Crippen LogP contribution < -0.4 is 36.5 Å². The molecule has 0 unspecified atom stereocenters. The highest BCUT2D eigenvalue weighted by Crippen LogP contribution is 2.24. The van der Waals surface area contributed by atoms with Crippen LogP contribution in [0.1, 0.15) is 20.7 Å². The van der Waals surface area contributed by atoms with Crippen molar-refractivity contribution in [3.05, 3.63) is 47.5 Å². The van der Waals surface area contributed by atoms with Crippen LogP contribution in [0.2, 0.25) is 0 Å². The van der Waals surface area contributed by atoms with Gasteiger partial charge in [0.1, 0.15) is 17.8 Å². The Hall–Kier alpha value is -4.45. The Kier molecular flexibility index (Phi) is 9.53. The lowest BCUT2D eigenvalue weighted by atomic mass is 10.1. The van der Waals surface area contributed by atoms with E-state index in [9.17, 15) is 24.0 Å². The summed E-state index contributed by atoms with van der Waals surface area (Å²) in [5.41, 5.74) is 6.11. The molecule has 0 saturated heterocycles. The van der Waals surface area contributed by atoms with Gasteiger partial charge < -0.3 is 41.3 Å². The second kappa shape index (κ2) is 12.6. The number of anilines is 2. The molecular formula is C22H25N5O7. The summed E-state index contributed by atoms with van der Waals surface area (Å²) >= 11 is 0. The fraction of sp³-hybridized carbons (Fsp3) is 0.227. The summed E-state index contributed by atoms with van der Waals surface area (Å²) in [4.78, 5) is 59.2. The Labute approximate surface area is 195 Å². The molecule has 0 radical (unpaired) electrons. The minimum atomic E-state index is -0.612. The highest BCUT2D eigenvalue weighted by molar-refractivity contribution is 6.03. The minimum absolute atomic E-state index is 0.101. The highest BCUT2D eigenvalue weighted by Gasteiger charge is 2.17. The Morgan fingerprint density at radius 3 is 1.79 bits per heavy atom. The molecule has 0 aliphatic carbocycles. The third-order valence-electron chi connectivity index (χ3n) is 4.40. The van der Waals surface area contributed by atoms with Crippen LogP contribution in [0.5, 0.6) is 11.5 Å². The number of nitrogens with two attached hydrogens (primary N) is 1. The smallest absolute Gasteiger partial charge is 0.255 e. The quantitative estimate of drug-likeness (QED) is 0.282. The predicted octanol–water partition coefficient (Wildman–Crippen LogP) is -0.102. The lowest BCUT2D eigenvalue weighted by molar-refractivity contribution is -0.115. The van der Waals surface area contributed by atoms with Gasteiger partial charge in [0.15, 0.2) is 0 Å². The van der Waals surface area contributed by atoms with Crippen LogP contribution in [0, 0.1) is 0 Å². The first-order valence-electron chi connectivity index (χ1n) is 9.98. The standard InChI is InChI=1S/C22H25N5O7/c1-33-17-6-4-14(10-15(17)21(31)24-7-8-28)27-20(30)12-25-22(32)16-9-13(26-19(29)11-23)3-5-18(16)34-2/h3-6,8-10H,7,11-12,23H2,1-2H3,(H,24,31)(H,25,32)(H,26,29)(H,27,30). The Bertz CT molecular complexity index is 1090. The fourth-order valence-electron chi connectivity index (χ4n) is 2.83. The summed E-state index contributed by atoms with van der Waals surface area (Å²) in [6, 6.07) is 8.81. The second-order valence-corrected chi connectivity index (χ2v) is 6.69. The first kappa shape index (κ1) is 25.8. The number of methoxy groups -OCH3 is 2. The normalized spacial score (nSPS) is 9.97. The van der Waals surface area contributed by atoms with Gasteiger partial charge in [0.05, 0.1) is 45.0 Å². The van der Waals surface area contributed by atoms with Crippen molar-refractivity contribution < 1.29 is 33.4 Å². The number of amides is 4. The van der Waals surface area contributed by atoms with Crippen LogP contribution >= 0.6 is 0 Å². The van der Waals surface area contributed by atoms with Crippen molar-refractivity contribution in [2.45, 2.75) is 0 Å². The zero-order chi connectivity index (χ0) is 25.1. The molecule has 0 bridgehead atoms. The van der Waals surface area contributed by atoms with Gasteiger partial charge in [-0.05, 0) is 36.4 Å². The molecule has 12 heteroatoms. The Morgan fingerprint density at radius 1 is 0.824 bits per heavy atom. The number of carbonyl (C=O) groups excluding carboxylic acids is 5. The summed E-state index contributed by atoms with van der Waals surface area (Å²) in [5, 5.41) is 9.95. The van der Waals surface area contributed by atoms with Gasteiger partial charge in [-0.25, -0.2) is 0 Å². The molecule has 180 valence electrons. The molecule has 2 rings (SSSR count). The van der Waals surface area contributed by atoms with Gasteiger partial charge in [-0.1, -0.05) is 0 Å².